The molecule has 1 unspecified atom stereocenters. The van der Waals surface area contributed by atoms with Crippen molar-refractivity contribution in [2.45, 2.75) is 32.2 Å². The van der Waals surface area contributed by atoms with E-state index in [9.17, 15) is 4.79 Å². The number of carboxylic acids is 1. The van der Waals surface area contributed by atoms with Gasteiger partial charge in [-0.3, -0.25) is 4.79 Å². The van der Waals surface area contributed by atoms with E-state index in [4.69, 9.17) is 5.11 Å². The van der Waals surface area contributed by atoms with Crippen LogP contribution in [0.4, 0.5) is 0 Å². The third-order valence-corrected chi connectivity index (χ3v) is 3.58. The van der Waals surface area contributed by atoms with E-state index < -0.39 is 5.97 Å². The van der Waals surface area contributed by atoms with Gasteiger partial charge in [-0.1, -0.05) is 13.0 Å². The molecule has 0 amide bonds. The number of aliphatic carboxylic acids is 1. The van der Waals surface area contributed by atoms with Gasteiger partial charge in [0.25, 0.3) is 0 Å². The molecule has 18 heavy (non-hydrogen) atoms. The molecule has 0 saturated carbocycles. The molecule has 2 aromatic rings. The van der Waals surface area contributed by atoms with Crippen LogP contribution in [0.25, 0.3) is 0 Å². The fraction of sp³-hybridized carbons (Fsp3) is 0.455. The lowest BCUT2D eigenvalue weighted by Gasteiger charge is -2.13. The second kappa shape index (κ2) is 5.72. The van der Waals surface area contributed by atoms with Crippen molar-refractivity contribution in [3.63, 3.8) is 0 Å². The Balaban J connectivity index is 2.17. The Labute approximate surface area is 108 Å². The Morgan fingerprint density at radius 1 is 1.61 bits per heavy atom. The van der Waals surface area contributed by atoms with Crippen LogP contribution in [0.15, 0.2) is 17.5 Å². The molecule has 0 saturated heterocycles. The highest BCUT2D eigenvalue weighted by Gasteiger charge is 2.18. The number of aromatic nitrogens is 4. The molecule has 0 bridgehead atoms. The Morgan fingerprint density at radius 2 is 2.44 bits per heavy atom. The summed E-state index contributed by atoms with van der Waals surface area (Å²) in [6, 6.07) is 3.80. The lowest BCUT2D eigenvalue weighted by Crippen LogP contribution is -2.17. The Hall–Kier alpha value is -1.76. The van der Waals surface area contributed by atoms with Gasteiger partial charge in [-0.15, -0.1) is 16.4 Å². The van der Waals surface area contributed by atoms with E-state index in [1.54, 1.807) is 16.0 Å². The summed E-state index contributed by atoms with van der Waals surface area (Å²) in [6.45, 7) is 1.93. The van der Waals surface area contributed by atoms with Crippen molar-refractivity contribution in [1.82, 2.24) is 20.2 Å². The van der Waals surface area contributed by atoms with Crippen LogP contribution in [0.1, 0.15) is 36.5 Å². The van der Waals surface area contributed by atoms with Gasteiger partial charge in [-0.05, 0) is 28.3 Å². The van der Waals surface area contributed by atoms with E-state index >= 15 is 0 Å². The van der Waals surface area contributed by atoms with Crippen molar-refractivity contribution in [3.05, 3.63) is 28.2 Å². The third kappa shape index (κ3) is 2.92. The topological polar surface area (TPSA) is 80.9 Å². The van der Waals surface area contributed by atoms with E-state index in [0.717, 1.165) is 4.88 Å². The largest absolute Gasteiger partial charge is 0.481 e. The lowest BCUT2D eigenvalue weighted by atomic mass is 10.1. The second-order valence-corrected chi connectivity index (χ2v) is 4.99. The quantitative estimate of drug-likeness (QED) is 0.861. The lowest BCUT2D eigenvalue weighted by molar-refractivity contribution is -0.138. The maximum atomic E-state index is 10.8. The third-order valence-electron chi connectivity index (χ3n) is 2.70. The second-order valence-electron chi connectivity index (χ2n) is 3.96. The van der Waals surface area contributed by atoms with Gasteiger partial charge in [0.1, 0.15) is 0 Å². The van der Waals surface area contributed by atoms with Crippen molar-refractivity contribution in [2.24, 2.45) is 0 Å². The van der Waals surface area contributed by atoms with E-state index in [0.29, 0.717) is 18.7 Å². The minimum Gasteiger partial charge on any atom is -0.481 e. The summed E-state index contributed by atoms with van der Waals surface area (Å²) in [6.07, 6.45) is 1.37. The molecule has 0 spiro atoms. The average Bonchev–Trinajstić information content (AvgIpc) is 2.98. The molecule has 0 radical (unpaired) electrons. The number of thiophene rings is 1. The maximum absolute atomic E-state index is 10.8. The smallest absolute Gasteiger partial charge is 0.305 e. The summed E-state index contributed by atoms with van der Waals surface area (Å²) in [5.41, 5.74) is 0. The molecule has 96 valence electrons. The number of hydrogen-bond donors (Lipinski definition) is 1. The number of carboxylic acid groups (broad SMARTS) is 1. The monoisotopic (exact) mass is 266 g/mol. The zero-order chi connectivity index (χ0) is 13.0. The number of tetrazole rings is 1. The Morgan fingerprint density at radius 3 is 3.06 bits per heavy atom. The summed E-state index contributed by atoms with van der Waals surface area (Å²) in [5.74, 6) is -0.120. The van der Waals surface area contributed by atoms with Gasteiger partial charge in [-0.2, -0.15) is 0 Å². The first-order valence-electron chi connectivity index (χ1n) is 5.71. The van der Waals surface area contributed by atoms with Gasteiger partial charge < -0.3 is 5.11 Å². The molecule has 2 rings (SSSR count). The van der Waals surface area contributed by atoms with E-state index in [1.807, 2.05) is 24.4 Å². The summed E-state index contributed by atoms with van der Waals surface area (Å²) in [4.78, 5) is 12.0. The van der Waals surface area contributed by atoms with Crippen molar-refractivity contribution >= 4 is 17.3 Å². The maximum Gasteiger partial charge on any atom is 0.305 e. The molecule has 0 fully saturated rings. The molecule has 1 atom stereocenters. The molecular weight excluding hydrogens is 252 g/mol. The minimum atomic E-state index is -0.834. The molecule has 0 aliphatic heterocycles. The van der Waals surface area contributed by atoms with Crippen molar-refractivity contribution in [3.8, 4) is 0 Å². The summed E-state index contributed by atoms with van der Waals surface area (Å²) in [5, 5.41) is 22.4. The van der Waals surface area contributed by atoms with Crippen molar-refractivity contribution < 1.29 is 9.90 Å². The van der Waals surface area contributed by atoms with Gasteiger partial charge in [0.15, 0.2) is 5.82 Å². The van der Waals surface area contributed by atoms with Crippen molar-refractivity contribution in [2.75, 3.05) is 0 Å². The highest BCUT2D eigenvalue weighted by Crippen LogP contribution is 2.19. The van der Waals surface area contributed by atoms with Crippen LogP contribution >= 0.6 is 11.3 Å². The first-order valence-corrected chi connectivity index (χ1v) is 6.59. The summed E-state index contributed by atoms with van der Waals surface area (Å²) >= 11 is 1.64. The van der Waals surface area contributed by atoms with E-state index in [-0.39, 0.29) is 12.5 Å². The van der Waals surface area contributed by atoms with Crippen LogP contribution in [0, 0.1) is 0 Å². The molecular formula is C11H14N4O2S. The molecule has 2 heterocycles. The molecule has 0 aromatic carbocycles. The van der Waals surface area contributed by atoms with Crippen LogP contribution < -0.4 is 0 Å². The normalized spacial score (nSPS) is 12.5. The SMILES string of the molecule is CCC(CC(=O)O)n1nnnc1Cc1cccs1. The standard InChI is InChI=1S/C11H14N4O2S/c1-2-8(6-11(16)17)15-10(12-13-14-15)7-9-4-3-5-18-9/h3-5,8H,2,6-7H2,1H3,(H,16,17). The predicted octanol–water partition coefficient (Wildman–Crippen LogP) is 1.75. The van der Waals surface area contributed by atoms with Crippen molar-refractivity contribution in [1.29, 1.82) is 0 Å². The van der Waals surface area contributed by atoms with E-state index in [2.05, 4.69) is 15.5 Å². The van der Waals surface area contributed by atoms with Crippen LogP contribution in [0.2, 0.25) is 0 Å². The van der Waals surface area contributed by atoms with Gasteiger partial charge in [-0.25, -0.2) is 4.68 Å². The van der Waals surface area contributed by atoms with Crippen LogP contribution in [-0.4, -0.2) is 31.3 Å². The zero-order valence-corrected chi connectivity index (χ0v) is 10.8. The van der Waals surface area contributed by atoms with Gasteiger partial charge in [0.05, 0.1) is 12.5 Å². The fourth-order valence-electron chi connectivity index (χ4n) is 1.79. The Bertz CT molecular complexity index is 509. The van der Waals surface area contributed by atoms with Crippen LogP contribution in [0.3, 0.4) is 0 Å². The molecule has 1 N–H and O–H groups in total. The van der Waals surface area contributed by atoms with Crippen LogP contribution in [-0.2, 0) is 11.2 Å². The summed E-state index contributed by atoms with van der Waals surface area (Å²) < 4.78 is 1.63. The molecule has 0 aliphatic rings. The highest BCUT2D eigenvalue weighted by molar-refractivity contribution is 7.09. The average molecular weight is 266 g/mol. The van der Waals surface area contributed by atoms with E-state index in [1.165, 1.54) is 0 Å². The molecule has 0 aliphatic carbocycles. The number of rotatable bonds is 6. The first kappa shape index (κ1) is 12.7. The van der Waals surface area contributed by atoms with Gasteiger partial charge in [0.2, 0.25) is 0 Å². The molecule has 6 nitrogen and oxygen atoms in total. The number of hydrogen-bond acceptors (Lipinski definition) is 5. The molecule has 2 aromatic heterocycles. The predicted molar refractivity (Wildman–Crippen MR) is 66.5 cm³/mol. The Kier molecular flexibility index (Phi) is 4.03. The number of carbonyl (C=O) groups is 1. The fourth-order valence-corrected chi connectivity index (χ4v) is 2.49. The molecule has 7 heteroatoms. The zero-order valence-electron chi connectivity index (χ0n) is 9.98. The van der Waals surface area contributed by atoms with Crippen LogP contribution in [0.5, 0.6) is 0 Å². The first-order chi connectivity index (χ1) is 8.70. The highest BCUT2D eigenvalue weighted by atomic mass is 32.1. The van der Waals surface area contributed by atoms with Gasteiger partial charge in [0, 0.05) is 11.3 Å². The van der Waals surface area contributed by atoms with Gasteiger partial charge >= 0.3 is 5.97 Å². The minimum absolute atomic E-state index is 0.0407. The number of nitrogens with zero attached hydrogens (tertiary/aromatic N) is 4. The summed E-state index contributed by atoms with van der Waals surface area (Å²) in [7, 11) is 0.